The Bertz CT molecular complexity index is 520. The summed E-state index contributed by atoms with van der Waals surface area (Å²) in [5.74, 6) is 0.0656. The maximum atomic E-state index is 12.4. The van der Waals surface area contributed by atoms with Gasteiger partial charge in [0.25, 0.3) is 5.91 Å². The van der Waals surface area contributed by atoms with Crippen molar-refractivity contribution in [3.8, 4) is 0 Å². The highest BCUT2D eigenvalue weighted by Gasteiger charge is 2.31. The monoisotopic (exact) mass is 297 g/mol. The Balaban J connectivity index is 2.94. The third-order valence-corrected chi connectivity index (χ3v) is 3.17. The van der Waals surface area contributed by atoms with Crippen LogP contribution >= 0.6 is 0 Å². The highest BCUT2D eigenvalue weighted by molar-refractivity contribution is 5.96. The first-order chi connectivity index (χ1) is 9.68. The molecule has 1 aromatic heterocycles. The Morgan fingerprint density at radius 1 is 1.48 bits per heavy atom. The van der Waals surface area contributed by atoms with Crippen LogP contribution in [0.3, 0.4) is 0 Å². The van der Waals surface area contributed by atoms with Crippen molar-refractivity contribution in [1.82, 2.24) is 5.32 Å². The molecule has 118 valence electrons. The minimum absolute atomic E-state index is 0.110. The molecule has 0 aliphatic carbocycles. The van der Waals surface area contributed by atoms with Crippen LogP contribution in [0.1, 0.15) is 55.0 Å². The summed E-state index contributed by atoms with van der Waals surface area (Å²) in [6.07, 6.45) is -0.222. The fourth-order valence-corrected chi connectivity index (χ4v) is 2.14. The van der Waals surface area contributed by atoms with Gasteiger partial charge in [0, 0.05) is 13.0 Å². The van der Waals surface area contributed by atoms with Crippen molar-refractivity contribution in [2.24, 2.45) is 0 Å². The first kappa shape index (κ1) is 17.2. The lowest BCUT2D eigenvalue weighted by Crippen LogP contribution is -2.50. The summed E-state index contributed by atoms with van der Waals surface area (Å²) >= 11 is 0. The molecule has 1 heterocycles. The van der Waals surface area contributed by atoms with Crippen LogP contribution in [0.4, 0.5) is 0 Å². The summed E-state index contributed by atoms with van der Waals surface area (Å²) in [5.41, 5.74) is -0.550. The molecule has 6 heteroatoms. The zero-order chi connectivity index (χ0) is 16.2. The van der Waals surface area contributed by atoms with E-state index in [0.29, 0.717) is 11.3 Å². The first-order valence-corrected chi connectivity index (χ1v) is 6.82. The number of amides is 1. The van der Waals surface area contributed by atoms with Gasteiger partial charge in [0.1, 0.15) is 11.5 Å². The summed E-state index contributed by atoms with van der Waals surface area (Å²) in [7, 11) is 1.46. The lowest BCUT2D eigenvalue weighted by Gasteiger charge is -2.28. The summed E-state index contributed by atoms with van der Waals surface area (Å²) in [6.45, 7) is 7.41. The molecule has 21 heavy (non-hydrogen) atoms. The normalized spacial score (nSPS) is 14.0. The van der Waals surface area contributed by atoms with Crippen molar-refractivity contribution in [2.45, 2.75) is 45.6 Å². The number of carboxylic acids is 1. The molecule has 1 rings (SSSR count). The van der Waals surface area contributed by atoms with E-state index in [-0.39, 0.29) is 24.9 Å². The maximum absolute atomic E-state index is 12.4. The molecule has 0 saturated carbocycles. The second kappa shape index (κ2) is 6.76. The van der Waals surface area contributed by atoms with E-state index in [2.05, 4.69) is 5.32 Å². The van der Waals surface area contributed by atoms with E-state index in [0.717, 1.165) is 5.76 Å². The molecular formula is C15H23NO5. The average molecular weight is 297 g/mol. The van der Waals surface area contributed by atoms with Gasteiger partial charge in [-0.05, 0) is 19.9 Å². The number of nitrogens with one attached hydrogen (secondary N) is 1. The number of ether oxygens (including phenoxy) is 1. The molecule has 6 nitrogen and oxygen atoms in total. The Morgan fingerprint density at radius 3 is 2.52 bits per heavy atom. The second-order valence-electron chi connectivity index (χ2n) is 5.79. The zero-order valence-corrected chi connectivity index (χ0v) is 13.1. The topological polar surface area (TPSA) is 88.8 Å². The van der Waals surface area contributed by atoms with Crippen molar-refractivity contribution >= 4 is 11.9 Å². The molecule has 1 aromatic rings. The molecule has 0 aliphatic rings. The molecule has 0 aliphatic heterocycles. The number of hydrogen-bond acceptors (Lipinski definition) is 4. The predicted molar refractivity (Wildman–Crippen MR) is 77.5 cm³/mol. The SMILES string of the molecule is COCC(C)(CC(=O)O)NC(=O)c1cc(C(C)C)oc1C. The van der Waals surface area contributed by atoms with Gasteiger partial charge in [0.05, 0.1) is 24.1 Å². The van der Waals surface area contributed by atoms with Crippen LogP contribution < -0.4 is 5.32 Å². The van der Waals surface area contributed by atoms with E-state index < -0.39 is 11.5 Å². The van der Waals surface area contributed by atoms with Gasteiger partial charge in [-0.25, -0.2) is 0 Å². The number of carboxylic acid groups (broad SMARTS) is 1. The van der Waals surface area contributed by atoms with Gasteiger partial charge in [0.2, 0.25) is 0 Å². The fourth-order valence-electron chi connectivity index (χ4n) is 2.14. The van der Waals surface area contributed by atoms with Crippen LogP contribution in [0.2, 0.25) is 0 Å². The standard InChI is InChI=1S/C15H23NO5/c1-9(2)12-6-11(10(3)21-12)14(19)16-15(4,8-20-5)7-13(17)18/h6,9H,7-8H2,1-5H3,(H,16,19)(H,17,18). The highest BCUT2D eigenvalue weighted by Crippen LogP contribution is 2.22. The molecule has 1 atom stereocenters. The first-order valence-electron chi connectivity index (χ1n) is 6.82. The van der Waals surface area contributed by atoms with Crippen molar-refractivity contribution in [2.75, 3.05) is 13.7 Å². The third-order valence-electron chi connectivity index (χ3n) is 3.17. The van der Waals surface area contributed by atoms with Crippen molar-refractivity contribution in [3.05, 3.63) is 23.2 Å². The van der Waals surface area contributed by atoms with Gasteiger partial charge >= 0.3 is 5.97 Å². The van der Waals surface area contributed by atoms with E-state index in [9.17, 15) is 9.59 Å². The molecule has 1 amide bonds. The summed E-state index contributed by atoms with van der Waals surface area (Å²) < 4.78 is 10.6. The molecule has 1 unspecified atom stereocenters. The van der Waals surface area contributed by atoms with Crippen molar-refractivity contribution in [3.63, 3.8) is 0 Å². The Hall–Kier alpha value is -1.82. The minimum Gasteiger partial charge on any atom is -0.481 e. The van der Waals surface area contributed by atoms with Crippen molar-refractivity contribution in [1.29, 1.82) is 0 Å². The van der Waals surface area contributed by atoms with Crippen LogP contribution in [0.25, 0.3) is 0 Å². The number of furan rings is 1. The number of hydrogen-bond donors (Lipinski definition) is 2. The van der Waals surface area contributed by atoms with Crippen LogP contribution in [-0.2, 0) is 9.53 Å². The summed E-state index contributed by atoms with van der Waals surface area (Å²) in [6, 6.07) is 1.70. The number of carbonyl (C=O) groups excluding carboxylic acids is 1. The molecule has 0 spiro atoms. The molecular weight excluding hydrogens is 274 g/mol. The molecule has 0 radical (unpaired) electrons. The van der Waals surface area contributed by atoms with E-state index in [1.807, 2.05) is 13.8 Å². The number of rotatable bonds is 7. The predicted octanol–water partition coefficient (Wildman–Crippen LogP) is 2.32. The van der Waals surface area contributed by atoms with E-state index in [1.54, 1.807) is 19.9 Å². The van der Waals surface area contributed by atoms with Crippen LogP contribution in [-0.4, -0.2) is 36.2 Å². The molecule has 0 fully saturated rings. The lowest BCUT2D eigenvalue weighted by molar-refractivity contribution is -0.139. The van der Waals surface area contributed by atoms with Crippen LogP contribution in [0.5, 0.6) is 0 Å². The number of carbonyl (C=O) groups is 2. The molecule has 0 saturated heterocycles. The van der Waals surface area contributed by atoms with Gasteiger partial charge in [-0.2, -0.15) is 0 Å². The van der Waals surface area contributed by atoms with E-state index in [4.69, 9.17) is 14.3 Å². The van der Waals surface area contributed by atoms with Gasteiger partial charge < -0.3 is 19.6 Å². The molecule has 2 N–H and O–H groups in total. The Kier molecular flexibility index (Phi) is 5.54. The maximum Gasteiger partial charge on any atom is 0.305 e. The van der Waals surface area contributed by atoms with E-state index >= 15 is 0 Å². The zero-order valence-electron chi connectivity index (χ0n) is 13.1. The number of aliphatic carboxylic acids is 1. The molecule has 0 bridgehead atoms. The second-order valence-corrected chi connectivity index (χ2v) is 5.79. The molecule has 0 aromatic carbocycles. The van der Waals surface area contributed by atoms with Gasteiger partial charge in [0.15, 0.2) is 0 Å². The summed E-state index contributed by atoms with van der Waals surface area (Å²) in [4.78, 5) is 23.3. The third kappa shape index (κ3) is 4.60. The van der Waals surface area contributed by atoms with Crippen LogP contribution in [0, 0.1) is 6.92 Å². The average Bonchev–Trinajstić information content (AvgIpc) is 2.70. The quantitative estimate of drug-likeness (QED) is 0.806. The van der Waals surface area contributed by atoms with Gasteiger partial charge in [-0.1, -0.05) is 13.8 Å². The highest BCUT2D eigenvalue weighted by atomic mass is 16.5. The number of aryl methyl sites for hydroxylation is 1. The minimum atomic E-state index is -0.998. The Labute approximate surface area is 124 Å². The lowest BCUT2D eigenvalue weighted by atomic mass is 9.98. The Morgan fingerprint density at radius 2 is 2.10 bits per heavy atom. The van der Waals surface area contributed by atoms with Gasteiger partial charge in [-0.15, -0.1) is 0 Å². The van der Waals surface area contributed by atoms with Gasteiger partial charge in [-0.3, -0.25) is 9.59 Å². The summed E-state index contributed by atoms with van der Waals surface area (Å²) in [5, 5.41) is 11.7. The van der Waals surface area contributed by atoms with Crippen molar-refractivity contribution < 1.29 is 23.8 Å². The van der Waals surface area contributed by atoms with E-state index in [1.165, 1.54) is 7.11 Å². The largest absolute Gasteiger partial charge is 0.481 e. The van der Waals surface area contributed by atoms with Crippen LogP contribution in [0.15, 0.2) is 10.5 Å². The number of methoxy groups -OCH3 is 1. The smallest absolute Gasteiger partial charge is 0.305 e. The fraction of sp³-hybridized carbons (Fsp3) is 0.600.